The average Bonchev–Trinajstić information content (AvgIpc) is 3.08. The van der Waals surface area contributed by atoms with Gasteiger partial charge in [-0.05, 0) is 31.2 Å². The van der Waals surface area contributed by atoms with Gasteiger partial charge in [0, 0.05) is 23.2 Å². The molecule has 1 aromatic heterocycles. The Bertz CT molecular complexity index is 799. The third-order valence-electron chi connectivity index (χ3n) is 3.44. The molecule has 5 heteroatoms. The summed E-state index contributed by atoms with van der Waals surface area (Å²) in [5.74, 6) is -0.505. The zero-order valence-corrected chi connectivity index (χ0v) is 13.4. The van der Waals surface area contributed by atoms with Crippen molar-refractivity contribution in [2.45, 2.75) is 6.92 Å². The molecule has 3 rings (SSSR count). The summed E-state index contributed by atoms with van der Waals surface area (Å²) in [6.45, 7) is 2.37. The molecular formula is C18H15FN2OS. The second-order valence-electron chi connectivity index (χ2n) is 4.93. The molecule has 0 aliphatic carbocycles. The first kappa shape index (κ1) is 15.4. The molecule has 0 aliphatic rings. The molecule has 0 unspecified atom stereocenters. The van der Waals surface area contributed by atoms with Gasteiger partial charge in [-0.25, -0.2) is 9.37 Å². The van der Waals surface area contributed by atoms with E-state index >= 15 is 0 Å². The van der Waals surface area contributed by atoms with Crippen LogP contribution in [-0.2, 0) is 0 Å². The molecule has 1 amide bonds. The summed E-state index contributed by atoms with van der Waals surface area (Å²) >= 11 is 1.44. The summed E-state index contributed by atoms with van der Waals surface area (Å²) in [5.41, 5.74) is 2.05. The topological polar surface area (TPSA) is 33.2 Å². The number of rotatable bonds is 4. The van der Waals surface area contributed by atoms with Crippen LogP contribution < -0.4 is 4.90 Å². The Kier molecular flexibility index (Phi) is 4.48. The summed E-state index contributed by atoms with van der Waals surface area (Å²) in [4.78, 5) is 18.7. The van der Waals surface area contributed by atoms with Crippen LogP contribution in [-0.4, -0.2) is 17.4 Å². The number of amides is 1. The molecule has 0 atom stereocenters. The van der Waals surface area contributed by atoms with Gasteiger partial charge in [0.25, 0.3) is 5.91 Å². The minimum absolute atomic E-state index is 0.183. The number of aromatic nitrogens is 1. The number of carbonyl (C=O) groups is 1. The maximum absolute atomic E-state index is 13.1. The highest BCUT2D eigenvalue weighted by atomic mass is 32.1. The van der Waals surface area contributed by atoms with Crippen molar-refractivity contribution in [1.29, 1.82) is 0 Å². The van der Waals surface area contributed by atoms with Gasteiger partial charge in [-0.1, -0.05) is 30.3 Å². The number of carbonyl (C=O) groups excluding carboxylic acids is 1. The minimum atomic E-state index is -0.322. The standard InChI is InChI=1S/C18H15FN2OS/c1-2-21(15-10-8-14(19)9-11-15)18(22)16-12-23-17(20-16)13-6-4-3-5-7-13/h3-12H,2H2,1H3. The number of nitrogens with zero attached hydrogens (tertiary/aromatic N) is 2. The lowest BCUT2D eigenvalue weighted by molar-refractivity contribution is 0.0984. The van der Waals surface area contributed by atoms with E-state index in [1.807, 2.05) is 37.3 Å². The molecule has 0 aliphatic heterocycles. The summed E-state index contributed by atoms with van der Waals surface area (Å²) in [6, 6.07) is 15.6. The third-order valence-corrected chi connectivity index (χ3v) is 4.34. The van der Waals surface area contributed by atoms with Crippen molar-refractivity contribution in [2.75, 3.05) is 11.4 Å². The van der Waals surface area contributed by atoms with Gasteiger partial charge >= 0.3 is 0 Å². The van der Waals surface area contributed by atoms with Crippen LogP contribution in [0, 0.1) is 5.82 Å². The van der Waals surface area contributed by atoms with Crippen molar-refractivity contribution < 1.29 is 9.18 Å². The lowest BCUT2D eigenvalue weighted by Gasteiger charge is -2.19. The van der Waals surface area contributed by atoms with E-state index in [0.29, 0.717) is 17.9 Å². The Morgan fingerprint density at radius 2 is 1.83 bits per heavy atom. The van der Waals surface area contributed by atoms with Gasteiger partial charge in [-0.2, -0.15) is 0 Å². The van der Waals surface area contributed by atoms with Crippen LogP contribution in [0.4, 0.5) is 10.1 Å². The van der Waals surface area contributed by atoms with E-state index in [2.05, 4.69) is 4.98 Å². The SMILES string of the molecule is CCN(C(=O)c1csc(-c2ccccc2)n1)c1ccc(F)cc1. The Morgan fingerprint density at radius 3 is 2.48 bits per heavy atom. The number of halogens is 1. The largest absolute Gasteiger partial charge is 0.307 e. The lowest BCUT2D eigenvalue weighted by atomic mass is 10.2. The molecule has 3 aromatic rings. The number of anilines is 1. The summed E-state index contributed by atoms with van der Waals surface area (Å²) in [6.07, 6.45) is 0. The molecule has 0 radical (unpaired) electrons. The van der Waals surface area contributed by atoms with Crippen molar-refractivity contribution in [3.63, 3.8) is 0 Å². The number of hydrogen-bond donors (Lipinski definition) is 0. The first-order valence-electron chi connectivity index (χ1n) is 7.27. The molecule has 0 saturated carbocycles. The van der Waals surface area contributed by atoms with Gasteiger partial charge in [-0.15, -0.1) is 11.3 Å². The zero-order chi connectivity index (χ0) is 16.2. The third kappa shape index (κ3) is 3.29. The van der Waals surface area contributed by atoms with Crippen LogP contribution in [0.25, 0.3) is 10.6 Å². The molecule has 23 heavy (non-hydrogen) atoms. The summed E-state index contributed by atoms with van der Waals surface area (Å²) in [5, 5.41) is 2.57. The first-order chi connectivity index (χ1) is 11.2. The van der Waals surface area contributed by atoms with Crippen LogP contribution >= 0.6 is 11.3 Å². The fourth-order valence-corrected chi connectivity index (χ4v) is 3.09. The minimum Gasteiger partial charge on any atom is -0.307 e. The molecule has 3 nitrogen and oxygen atoms in total. The molecule has 0 fully saturated rings. The smallest absolute Gasteiger partial charge is 0.277 e. The summed E-state index contributed by atoms with van der Waals surface area (Å²) < 4.78 is 13.1. The van der Waals surface area contributed by atoms with Crippen molar-refractivity contribution >= 4 is 22.9 Å². The fraction of sp³-hybridized carbons (Fsp3) is 0.111. The molecule has 0 bridgehead atoms. The summed E-state index contributed by atoms with van der Waals surface area (Å²) in [7, 11) is 0. The van der Waals surface area contributed by atoms with E-state index in [1.54, 1.807) is 22.4 Å². The molecule has 0 N–H and O–H groups in total. The van der Waals surface area contributed by atoms with Gasteiger partial charge in [0.2, 0.25) is 0 Å². The number of hydrogen-bond acceptors (Lipinski definition) is 3. The van der Waals surface area contributed by atoms with Crippen molar-refractivity contribution in [3.05, 3.63) is 71.5 Å². The van der Waals surface area contributed by atoms with Crippen LogP contribution in [0.15, 0.2) is 60.0 Å². The monoisotopic (exact) mass is 326 g/mol. The van der Waals surface area contributed by atoms with Crippen molar-refractivity contribution in [3.8, 4) is 10.6 Å². The van der Waals surface area contributed by atoms with Crippen molar-refractivity contribution in [2.24, 2.45) is 0 Å². The fourth-order valence-electron chi connectivity index (χ4n) is 2.29. The highest BCUT2D eigenvalue weighted by Gasteiger charge is 2.19. The van der Waals surface area contributed by atoms with Crippen LogP contribution in [0.3, 0.4) is 0 Å². The highest BCUT2D eigenvalue weighted by molar-refractivity contribution is 7.13. The van der Waals surface area contributed by atoms with Crippen LogP contribution in [0.1, 0.15) is 17.4 Å². The van der Waals surface area contributed by atoms with Crippen molar-refractivity contribution in [1.82, 2.24) is 4.98 Å². The molecule has 2 aromatic carbocycles. The van der Waals surface area contributed by atoms with E-state index in [-0.39, 0.29) is 11.7 Å². The van der Waals surface area contributed by atoms with Gasteiger partial charge in [0.1, 0.15) is 16.5 Å². The van der Waals surface area contributed by atoms with E-state index in [0.717, 1.165) is 10.6 Å². The predicted octanol–water partition coefficient (Wildman–Crippen LogP) is 4.62. The normalized spacial score (nSPS) is 10.5. The predicted molar refractivity (Wildman–Crippen MR) is 91.3 cm³/mol. The van der Waals surface area contributed by atoms with Gasteiger partial charge < -0.3 is 4.90 Å². The molecule has 0 saturated heterocycles. The molecule has 1 heterocycles. The zero-order valence-electron chi connectivity index (χ0n) is 12.6. The lowest BCUT2D eigenvalue weighted by Crippen LogP contribution is -2.30. The van der Waals surface area contributed by atoms with E-state index < -0.39 is 0 Å². The molecular weight excluding hydrogens is 311 g/mol. The Morgan fingerprint density at radius 1 is 1.13 bits per heavy atom. The Labute approximate surface area is 138 Å². The average molecular weight is 326 g/mol. The molecule has 0 spiro atoms. The molecule has 116 valence electrons. The highest BCUT2D eigenvalue weighted by Crippen LogP contribution is 2.25. The Hall–Kier alpha value is -2.53. The first-order valence-corrected chi connectivity index (χ1v) is 8.15. The van der Waals surface area contributed by atoms with Gasteiger partial charge in [0.05, 0.1) is 0 Å². The second kappa shape index (κ2) is 6.71. The number of thiazole rings is 1. The quantitative estimate of drug-likeness (QED) is 0.701. The van der Waals surface area contributed by atoms with Crippen LogP contribution in [0.2, 0.25) is 0 Å². The van der Waals surface area contributed by atoms with E-state index in [1.165, 1.54) is 23.5 Å². The van der Waals surface area contributed by atoms with E-state index in [9.17, 15) is 9.18 Å². The van der Waals surface area contributed by atoms with Gasteiger partial charge in [0.15, 0.2) is 0 Å². The number of benzene rings is 2. The van der Waals surface area contributed by atoms with E-state index in [4.69, 9.17) is 0 Å². The Balaban J connectivity index is 1.87. The maximum Gasteiger partial charge on any atom is 0.277 e. The maximum atomic E-state index is 13.1. The second-order valence-corrected chi connectivity index (χ2v) is 5.79. The van der Waals surface area contributed by atoms with Gasteiger partial charge in [-0.3, -0.25) is 4.79 Å². The van der Waals surface area contributed by atoms with Crippen LogP contribution in [0.5, 0.6) is 0 Å².